The van der Waals surface area contributed by atoms with Gasteiger partial charge in [-0.25, -0.2) is 0 Å². The van der Waals surface area contributed by atoms with Crippen molar-refractivity contribution < 1.29 is 14.8 Å². The number of benzene rings is 1. The second kappa shape index (κ2) is 6.70. The first-order valence-electron chi connectivity index (χ1n) is 6.56. The minimum Gasteiger partial charge on any atom is -0.481 e. The van der Waals surface area contributed by atoms with Crippen molar-refractivity contribution in [1.82, 2.24) is 0 Å². The van der Waals surface area contributed by atoms with E-state index in [1.807, 2.05) is 6.07 Å². The van der Waals surface area contributed by atoms with E-state index >= 15 is 0 Å². The molecular formula is C14H17N3O4. The maximum atomic E-state index is 11.4. The number of nitrogens with zero attached hydrogens (tertiary/aromatic N) is 2. The van der Waals surface area contributed by atoms with E-state index in [9.17, 15) is 20.0 Å². The molecule has 0 aliphatic rings. The summed E-state index contributed by atoms with van der Waals surface area (Å²) in [6.45, 7) is 3.59. The first-order valence-corrected chi connectivity index (χ1v) is 6.56. The van der Waals surface area contributed by atoms with E-state index in [1.54, 1.807) is 13.8 Å². The van der Waals surface area contributed by atoms with Crippen LogP contribution in [-0.4, -0.2) is 22.5 Å². The molecule has 1 aromatic rings. The number of hydrogen-bond donors (Lipinski definition) is 2. The third kappa shape index (κ3) is 3.48. The number of rotatable bonds is 7. The molecule has 0 aromatic heterocycles. The standard InChI is InChI=1S/C14H17N3O4/c1-3-14(4-2,13(18)19)9-16-11-7-10(8-15)5-6-12(11)17(20)21/h5-7,16H,3-4,9H2,1-2H3,(H,18,19). The van der Waals surface area contributed by atoms with Gasteiger partial charge in [0, 0.05) is 12.6 Å². The normalized spacial score (nSPS) is 10.7. The SMILES string of the molecule is CCC(CC)(CNc1cc(C#N)ccc1[N+](=O)[O-])C(=O)O. The molecule has 0 unspecified atom stereocenters. The van der Waals surface area contributed by atoms with Crippen LogP contribution >= 0.6 is 0 Å². The van der Waals surface area contributed by atoms with Crippen LogP contribution in [0, 0.1) is 26.9 Å². The molecule has 112 valence electrons. The largest absolute Gasteiger partial charge is 0.481 e. The zero-order valence-electron chi connectivity index (χ0n) is 11.9. The van der Waals surface area contributed by atoms with E-state index in [4.69, 9.17) is 5.26 Å². The highest BCUT2D eigenvalue weighted by atomic mass is 16.6. The van der Waals surface area contributed by atoms with Crippen LogP contribution in [0.1, 0.15) is 32.3 Å². The third-order valence-corrected chi connectivity index (χ3v) is 3.75. The summed E-state index contributed by atoms with van der Waals surface area (Å²) in [5.41, 5.74) is -0.736. The van der Waals surface area contributed by atoms with E-state index < -0.39 is 16.3 Å². The van der Waals surface area contributed by atoms with Gasteiger partial charge in [-0.2, -0.15) is 5.26 Å². The fourth-order valence-corrected chi connectivity index (χ4v) is 2.05. The lowest BCUT2D eigenvalue weighted by Gasteiger charge is -2.27. The fraction of sp³-hybridized carbons (Fsp3) is 0.429. The highest BCUT2D eigenvalue weighted by Gasteiger charge is 2.35. The molecule has 0 fully saturated rings. The predicted octanol–water partition coefficient (Wildman–Crippen LogP) is 2.77. The molecule has 0 saturated carbocycles. The molecule has 1 rings (SSSR count). The van der Waals surface area contributed by atoms with Crippen LogP contribution in [0.3, 0.4) is 0 Å². The second-order valence-electron chi connectivity index (χ2n) is 4.75. The second-order valence-corrected chi connectivity index (χ2v) is 4.75. The van der Waals surface area contributed by atoms with Gasteiger partial charge in [0.2, 0.25) is 0 Å². The molecule has 0 saturated heterocycles. The quantitative estimate of drug-likeness (QED) is 0.589. The molecule has 2 N–H and O–H groups in total. The van der Waals surface area contributed by atoms with Crippen LogP contribution in [0.4, 0.5) is 11.4 Å². The molecule has 0 aliphatic carbocycles. The summed E-state index contributed by atoms with van der Waals surface area (Å²) in [7, 11) is 0. The summed E-state index contributed by atoms with van der Waals surface area (Å²) in [5.74, 6) is -0.945. The van der Waals surface area contributed by atoms with Crippen LogP contribution in [0.2, 0.25) is 0 Å². The zero-order valence-corrected chi connectivity index (χ0v) is 11.9. The number of hydrogen-bond acceptors (Lipinski definition) is 5. The summed E-state index contributed by atoms with van der Waals surface area (Å²) in [6.07, 6.45) is 0.801. The molecule has 1 aromatic carbocycles. The molecule has 0 amide bonds. The molecule has 0 atom stereocenters. The third-order valence-electron chi connectivity index (χ3n) is 3.75. The number of nitriles is 1. The fourth-order valence-electron chi connectivity index (χ4n) is 2.05. The Morgan fingerprint density at radius 2 is 2.10 bits per heavy atom. The number of anilines is 1. The minimum absolute atomic E-state index is 0.0606. The van der Waals surface area contributed by atoms with Crippen molar-refractivity contribution in [2.75, 3.05) is 11.9 Å². The van der Waals surface area contributed by atoms with E-state index in [-0.39, 0.29) is 23.5 Å². The minimum atomic E-state index is -0.990. The summed E-state index contributed by atoms with van der Waals surface area (Å²) in [4.78, 5) is 21.8. The summed E-state index contributed by atoms with van der Waals surface area (Å²) < 4.78 is 0. The van der Waals surface area contributed by atoms with Crippen LogP contribution in [0.25, 0.3) is 0 Å². The summed E-state index contributed by atoms with van der Waals surface area (Å²) in [5, 5.41) is 32.0. The number of nitro groups is 1. The number of carboxylic acids is 1. The monoisotopic (exact) mass is 291 g/mol. The lowest BCUT2D eigenvalue weighted by atomic mass is 9.82. The number of aliphatic carboxylic acids is 1. The van der Waals surface area contributed by atoms with Crippen molar-refractivity contribution in [2.45, 2.75) is 26.7 Å². The first-order chi connectivity index (χ1) is 9.90. The van der Waals surface area contributed by atoms with Gasteiger partial charge in [0.1, 0.15) is 5.69 Å². The highest BCUT2D eigenvalue weighted by molar-refractivity contribution is 5.76. The number of nitro benzene ring substituents is 1. The van der Waals surface area contributed by atoms with Gasteiger partial charge in [0.15, 0.2) is 0 Å². The smallest absolute Gasteiger partial charge is 0.311 e. The van der Waals surface area contributed by atoms with E-state index in [2.05, 4.69) is 5.32 Å². The predicted molar refractivity (Wildman–Crippen MR) is 77.0 cm³/mol. The van der Waals surface area contributed by atoms with Crippen LogP contribution < -0.4 is 5.32 Å². The average molecular weight is 291 g/mol. The molecule has 7 heteroatoms. The van der Waals surface area contributed by atoms with Crippen molar-refractivity contribution in [3.05, 3.63) is 33.9 Å². The van der Waals surface area contributed by atoms with Gasteiger partial charge < -0.3 is 10.4 Å². The van der Waals surface area contributed by atoms with Crippen molar-refractivity contribution in [2.24, 2.45) is 5.41 Å². The molecular weight excluding hydrogens is 274 g/mol. The number of carboxylic acid groups (broad SMARTS) is 1. The van der Waals surface area contributed by atoms with Crippen molar-refractivity contribution in [1.29, 1.82) is 5.26 Å². The molecule has 7 nitrogen and oxygen atoms in total. The first kappa shape index (κ1) is 16.4. The van der Waals surface area contributed by atoms with Gasteiger partial charge in [-0.3, -0.25) is 14.9 Å². The van der Waals surface area contributed by atoms with E-state index in [0.29, 0.717) is 12.8 Å². The number of carbonyl (C=O) groups is 1. The Kier molecular flexibility index (Phi) is 5.24. The van der Waals surface area contributed by atoms with Crippen LogP contribution in [0.15, 0.2) is 18.2 Å². The summed E-state index contributed by atoms with van der Waals surface area (Å²) in [6, 6.07) is 5.85. The molecule has 0 radical (unpaired) electrons. The van der Waals surface area contributed by atoms with Crippen LogP contribution in [-0.2, 0) is 4.79 Å². The molecule has 0 aliphatic heterocycles. The molecule has 21 heavy (non-hydrogen) atoms. The van der Waals surface area contributed by atoms with Gasteiger partial charge in [0.05, 0.1) is 22.0 Å². The molecule has 0 bridgehead atoms. The Labute approximate surface area is 122 Å². The average Bonchev–Trinajstić information content (AvgIpc) is 2.48. The van der Waals surface area contributed by atoms with Gasteiger partial charge in [-0.1, -0.05) is 13.8 Å². The molecule has 0 spiro atoms. The van der Waals surface area contributed by atoms with Crippen molar-refractivity contribution >= 4 is 17.3 Å². The Morgan fingerprint density at radius 1 is 1.48 bits per heavy atom. The lowest BCUT2D eigenvalue weighted by Crippen LogP contribution is -2.37. The summed E-state index contributed by atoms with van der Waals surface area (Å²) >= 11 is 0. The highest BCUT2D eigenvalue weighted by Crippen LogP contribution is 2.30. The zero-order chi connectivity index (χ0) is 16.0. The Balaban J connectivity index is 3.09. The maximum Gasteiger partial charge on any atom is 0.311 e. The van der Waals surface area contributed by atoms with Gasteiger partial charge in [0.25, 0.3) is 5.69 Å². The van der Waals surface area contributed by atoms with Gasteiger partial charge >= 0.3 is 5.97 Å². The Hall–Kier alpha value is -2.62. The van der Waals surface area contributed by atoms with Crippen molar-refractivity contribution in [3.8, 4) is 6.07 Å². The van der Waals surface area contributed by atoms with E-state index in [0.717, 1.165) is 0 Å². The van der Waals surface area contributed by atoms with Gasteiger partial charge in [-0.15, -0.1) is 0 Å². The maximum absolute atomic E-state index is 11.4. The van der Waals surface area contributed by atoms with E-state index in [1.165, 1.54) is 18.2 Å². The topological polar surface area (TPSA) is 116 Å². The number of nitrogens with one attached hydrogen (secondary N) is 1. The molecule has 0 heterocycles. The van der Waals surface area contributed by atoms with Crippen molar-refractivity contribution in [3.63, 3.8) is 0 Å². The van der Waals surface area contributed by atoms with Gasteiger partial charge in [-0.05, 0) is 25.0 Å². The Bertz CT molecular complexity index is 588. The Morgan fingerprint density at radius 3 is 2.52 bits per heavy atom. The van der Waals surface area contributed by atoms with Crippen LogP contribution in [0.5, 0.6) is 0 Å². The lowest BCUT2D eigenvalue weighted by molar-refractivity contribution is -0.384.